The van der Waals surface area contributed by atoms with E-state index in [4.69, 9.17) is 14.2 Å². The molecule has 1 aliphatic heterocycles. The van der Waals surface area contributed by atoms with Crippen LogP contribution in [0, 0.1) is 9.49 Å². The molecule has 0 aromatic heterocycles. The molecule has 40 heavy (non-hydrogen) atoms. The van der Waals surface area contributed by atoms with E-state index in [1.807, 2.05) is 0 Å². The van der Waals surface area contributed by atoms with Crippen LogP contribution < -0.4 is 14.8 Å². The van der Waals surface area contributed by atoms with Crippen molar-refractivity contribution in [1.29, 1.82) is 0 Å². The number of nitrogens with one attached hydrogen (secondary N) is 1. The molecule has 1 aromatic carbocycles. The molecule has 4 rings (SSSR count). The van der Waals surface area contributed by atoms with Gasteiger partial charge in [0.2, 0.25) is 11.8 Å². The van der Waals surface area contributed by atoms with E-state index in [0.29, 0.717) is 52.5 Å². The maximum Gasteiger partial charge on any atom is 0.247 e. The van der Waals surface area contributed by atoms with Crippen LogP contribution in [0.15, 0.2) is 23.8 Å². The van der Waals surface area contributed by atoms with Crippen LogP contribution in [-0.2, 0) is 20.9 Å². The zero-order valence-corrected chi connectivity index (χ0v) is 25.0. The summed E-state index contributed by atoms with van der Waals surface area (Å²) in [6.07, 6.45) is 2.35. The Labute approximate surface area is 248 Å². The molecule has 11 nitrogen and oxygen atoms in total. The summed E-state index contributed by atoms with van der Waals surface area (Å²) in [6, 6.07) is 2.75. The van der Waals surface area contributed by atoms with Crippen LogP contribution in [0.4, 0.5) is 0 Å². The number of methoxy groups -OCH3 is 1. The lowest BCUT2D eigenvalue weighted by Gasteiger charge is -2.43. The van der Waals surface area contributed by atoms with Gasteiger partial charge in [0.15, 0.2) is 11.5 Å². The van der Waals surface area contributed by atoms with Gasteiger partial charge < -0.3 is 39.7 Å². The average molecular weight is 674 g/mol. The molecule has 12 heteroatoms. The maximum absolute atomic E-state index is 13.7. The highest BCUT2D eigenvalue weighted by atomic mass is 127. The number of halogens is 1. The molecule has 2 amide bonds. The third-order valence-electron chi connectivity index (χ3n) is 7.84. The lowest BCUT2D eigenvalue weighted by atomic mass is 9.82. The SMILES string of the molecule is COc1cc(CO)cc(I)c1OC1C=C(C(=O)NCCO)CC(N(CCN2CCOCC2)C(=O)C2CCC2)C1O. The van der Waals surface area contributed by atoms with Gasteiger partial charge in [-0.3, -0.25) is 14.5 Å². The highest BCUT2D eigenvalue weighted by Gasteiger charge is 2.43. The molecule has 4 N–H and O–H groups in total. The zero-order chi connectivity index (χ0) is 28.6. The Kier molecular flexibility index (Phi) is 11.4. The molecular weight excluding hydrogens is 633 g/mol. The summed E-state index contributed by atoms with van der Waals surface area (Å²) >= 11 is 2.08. The molecule has 1 saturated carbocycles. The molecule has 1 aromatic rings. The van der Waals surface area contributed by atoms with Crippen LogP contribution in [0.3, 0.4) is 0 Å². The number of amides is 2. The fourth-order valence-electron chi connectivity index (χ4n) is 5.30. The number of carbonyl (C=O) groups excluding carboxylic acids is 2. The maximum atomic E-state index is 13.7. The molecule has 0 radical (unpaired) electrons. The normalized spacial score (nSPS) is 23.6. The van der Waals surface area contributed by atoms with E-state index < -0.39 is 18.2 Å². The van der Waals surface area contributed by atoms with Crippen molar-refractivity contribution in [2.24, 2.45) is 5.92 Å². The molecule has 3 atom stereocenters. The Morgan fingerprint density at radius 2 is 1.98 bits per heavy atom. The Balaban J connectivity index is 1.64. The Morgan fingerprint density at radius 3 is 2.60 bits per heavy atom. The zero-order valence-electron chi connectivity index (χ0n) is 22.9. The second-order valence-electron chi connectivity index (χ2n) is 10.4. The summed E-state index contributed by atoms with van der Waals surface area (Å²) in [6.45, 7) is 3.62. The number of hydrogen-bond donors (Lipinski definition) is 4. The molecule has 1 heterocycles. The second-order valence-corrected chi connectivity index (χ2v) is 11.6. The lowest BCUT2D eigenvalue weighted by molar-refractivity contribution is -0.146. The fraction of sp³-hybridized carbons (Fsp3) is 0.643. The van der Waals surface area contributed by atoms with Crippen LogP contribution in [0.2, 0.25) is 0 Å². The van der Waals surface area contributed by atoms with Gasteiger partial charge in [-0.1, -0.05) is 6.42 Å². The predicted molar refractivity (Wildman–Crippen MR) is 155 cm³/mol. The summed E-state index contributed by atoms with van der Waals surface area (Å²) in [5, 5.41) is 33.2. The predicted octanol–water partition coefficient (Wildman–Crippen LogP) is 0.669. The summed E-state index contributed by atoms with van der Waals surface area (Å²) in [4.78, 5) is 30.8. The third kappa shape index (κ3) is 7.45. The van der Waals surface area contributed by atoms with Crippen LogP contribution in [0.25, 0.3) is 0 Å². The highest BCUT2D eigenvalue weighted by Crippen LogP contribution is 2.38. The monoisotopic (exact) mass is 673 g/mol. The highest BCUT2D eigenvalue weighted by molar-refractivity contribution is 14.1. The van der Waals surface area contributed by atoms with E-state index in [9.17, 15) is 24.9 Å². The van der Waals surface area contributed by atoms with E-state index in [1.165, 1.54) is 7.11 Å². The van der Waals surface area contributed by atoms with Crippen LogP contribution in [0.1, 0.15) is 31.2 Å². The lowest BCUT2D eigenvalue weighted by Crippen LogP contribution is -2.58. The van der Waals surface area contributed by atoms with Gasteiger partial charge in [-0.2, -0.15) is 0 Å². The van der Waals surface area contributed by atoms with Crippen molar-refractivity contribution in [2.75, 3.05) is 59.7 Å². The summed E-state index contributed by atoms with van der Waals surface area (Å²) in [5.74, 6) is 0.307. The number of ether oxygens (including phenoxy) is 3. The van der Waals surface area contributed by atoms with Gasteiger partial charge in [-0.05, 0) is 59.2 Å². The van der Waals surface area contributed by atoms with Crippen molar-refractivity contribution in [3.63, 3.8) is 0 Å². The van der Waals surface area contributed by atoms with E-state index >= 15 is 0 Å². The summed E-state index contributed by atoms with van der Waals surface area (Å²) in [5.41, 5.74) is 1.03. The topological polar surface area (TPSA) is 141 Å². The Morgan fingerprint density at radius 1 is 1.23 bits per heavy atom. The van der Waals surface area contributed by atoms with Gasteiger partial charge in [0.05, 0.1) is 43.1 Å². The number of aliphatic hydroxyl groups excluding tert-OH is 3. The Bertz CT molecular complexity index is 1060. The van der Waals surface area contributed by atoms with Crippen molar-refractivity contribution in [1.82, 2.24) is 15.1 Å². The first-order valence-electron chi connectivity index (χ1n) is 13.9. The van der Waals surface area contributed by atoms with Crippen LogP contribution in [-0.4, -0.2) is 115 Å². The largest absolute Gasteiger partial charge is 0.493 e. The van der Waals surface area contributed by atoms with E-state index in [-0.39, 0.29) is 43.9 Å². The van der Waals surface area contributed by atoms with Gasteiger partial charge in [-0.15, -0.1) is 0 Å². The molecular formula is C28H40IN3O8. The van der Waals surface area contributed by atoms with Gasteiger partial charge in [0.1, 0.15) is 12.2 Å². The van der Waals surface area contributed by atoms with Crippen molar-refractivity contribution in [3.05, 3.63) is 32.9 Å². The first-order valence-corrected chi connectivity index (χ1v) is 15.0. The molecule has 2 fully saturated rings. The number of rotatable bonds is 12. The second kappa shape index (κ2) is 14.8. The van der Waals surface area contributed by atoms with E-state index in [2.05, 4.69) is 32.8 Å². The first-order chi connectivity index (χ1) is 19.4. The molecule has 0 bridgehead atoms. The number of carbonyl (C=O) groups is 2. The standard InChI is InChI=1S/C28H40IN3O8/c1-38-24-14-18(17-34)13-21(29)26(24)40-23-16-20(27(36)30-5-10-33)15-22(25(23)35)32(28(37)19-3-2-4-19)7-6-31-8-11-39-12-9-31/h13-14,16,19,22-23,25,33-35H,2-12,15,17H2,1H3,(H,30,36). The van der Waals surface area contributed by atoms with E-state index in [0.717, 1.165) is 32.4 Å². The number of nitrogens with zero attached hydrogens (tertiary/aromatic N) is 2. The number of aliphatic hydroxyl groups is 3. The molecule has 3 unspecified atom stereocenters. The van der Waals surface area contributed by atoms with Crippen molar-refractivity contribution in [2.45, 2.75) is 50.5 Å². The molecule has 3 aliphatic rings. The van der Waals surface area contributed by atoms with Crippen molar-refractivity contribution >= 4 is 34.4 Å². The number of morpholine rings is 1. The number of hydrogen-bond acceptors (Lipinski definition) is 9. The fourth-order valence-corrected chi connectivity index (χ4v) is 6.09. The average Bonchev–Trinajstić information content (AvgIpc) is 2.93. The summed E-state index contributed by atoms with van der Waals surface area (Å²) < 4.78 is 18.0. The number of benzene rings is 1. The molecule has 2 aliphatic carbocycles. The molecule has 1 saturated heterocycles. The van der Waals surface area contributed by atoms with Gasteiger partial charge >= 0.3 is 0 Å². The minimum Gasteiger partial charge on any atom is -0.493 e. The smallest absolute Gasteiger partial charge is 0.247 e. The van der Waals surface area contributed by atoms with E-state index in [1.54, 1.807) is 23.1 Å². The molecule has 0 spiro atoms. The first kappa shape index (κ1) is 31.0. The van der Waals surface area contributed by atoms with Gasteiger partial charge in [-0.25, -0.2) is 0 Å². The minimum absolute atomic E-state index is 0.00112. The van der Waals surface area contributed by atoms with Crippen LogP contribution in [0.5, 0.6) is 11.5 Å². The third-order valence-corrected chi connectivity index (χ3v) is 8.64. The van der Waals surface area contributed by atoms with Gasteiger partial charge in [0, 0.05) is 50.6 Å². The Hall–Kier alpha value is -1.97. The van der Waals surface area contributed by atoms with Crippen molar-refractivity contribution in [3.8, 4) is 11.5 Å². The summed E-state index contributed by atoms with van der Waals surface area (Å²) in [7, 11) is 1.49. The van der Waals surface area contributed by atoms with Crippen LogP contribution >= 0.6 is 22.6 Å². The van der Waals surface area contributed by atoms with Crippen molar-refractivity contribution < 1.29 is 39.1 Å². The molecule has 222 valence electrons. The quantitative estimate of drug-likeness (QED) is 0.236. The minimum atomic E-state index is -1.11. The van der Waals surface area contributed by atoms with Gasteiger partial charge in [0.25, 0.3) is 0 Å².